The lowest BCUT2D eigenvalue weighted by atomic mass is 10.1. The first-order valence-electron chi connectivity index (χ1n) is 11.8. The van der Waals surface area contributed by atoms with Crippen LogP contribution in [-0.4, -0.2) is 69.5 Å². The summed E-state index contributed by atoms with van der Waals surface area (Å²) in [6.45, 7) is -4.73. The number of fused-ring (bicyclic) bond motifs is 1. The molecule has 3 rings (SSSR count). The number of amides is 2. The number of carbonyl (C=O) groups excluding carboxylic acids is 2. The molecule has 34 heavy (non-hydrogen) atoms. The van der Waals surface area contributed by atoms with Gasteiger partial charge in [-0.1, -0.05) is 0 Å². The summed E-state index contributed by atoms with van der Waals surface area (Å²) >= 11 is 0. The number of rotatable bonds is 10. The number of aromatic amines is 1. The minimum Gasteiger partial charge on any atom is -0.481 e. The van der Waals surface area contributed by atoms with Crippen LogP contribution >= 0.6 is 0 Å². The summed E-state index contributed by atoms with van der Waals surface area (Å²) in [5.74, 6) is -4.08. The Balaban J connectivity index is 1.83. The van der Waals surface area contributed by atoms with Gasteiger partial charge in [0.1, 0.15) is 6.04 Å². The average Bonchev–Trinajstić information content (AvgIpc) is 2.82. The Morgan fingerprint density at radius 2 is 2.09 bits per heavy atom. The average molecular weight is 477 g/mol. The highest BCUT2D eigenvalue weighted by atomic mass is 16.4. The molecule has 0 aliphatic carbocycles. The number of anilines is 4. The summed E-state index contributed by atoms with van der Waals surface area (Å²) in [5, 5.41) is 24.9. The van der Waals surface area contributed by atoms with Crippen LogP contribution in [0.5, 0.6) is 0 Å². The summed E-state index contributed by atoms with van der Waals surface area (Å²) in [6, 6.07) is 0.677. The third-order valence-electron chi connectivity index (χ3n) is 4.60. The lowest BCUT2D eigenvalue weighted by Crippen LogP contribution is -2.50. The van der Waals surface area contributed by atoms with E-state index in [1.54, 1.807) is 0 Å². The molecular weight excluding hydrogens is 450 g/mol. The van der Waals surface area contributed by atoms with E-state index in [-0.39, 0.29) is 35.8 Å². The summed E-state index contributed by atoms with van der Waals surface area (Å²) in [7, 11) is 0. The second kappa shape index (κ2) is 10.3. The molecule has 1 aliphatic rings. The highest BCUT2D eigenvalue weighted by molar-refractivity contribution is 5.97. The molecule has 1 aliphatic heterocycles. The van der Waals surface area contributed by atoms with Gasteiger partial charge in [0.2, 0.25) is 12.4 Å². The topological polar surface area (TPSA) is 220 Å². The fourth-order valence-corrected chi connectivity index (χ4v) is 2.95. The standard InChI is InChI=1S/C20H23N7O7/c21-20-25-16-15(18(32)26-20)27(9-28)12(8-23-16)7-22-11-3-1-10(2-4-11)17(31)24-13(19(33)34)5-6-14(29)30/h1-4,9,12-13,22H,5-8H2,(H,24,31)(H,29,30)(H,33,34)(H4,21,23,25,26,32)/t12-,13-/m1/s1/i7D2,8D,12D/t8?,12-,13-. The Morgan fingerprint density at radius 3 is 2.71 bits per heavy atom. The maximum Gasteiger partial charge on any atom is 0.326 e. The molecule has 0 radical (unpaired) electrons. The molecular formula is C20H23N7O7. The minimum absolute atomic E-state index is 0.00650. The van der Waals surface area contributed by atoms with Gasteiger partial charge >= 0.3 is 11.9 Å². The lowest BCUT2D eigenvalue weighted by Gasteiger charge is -2.34. The smallest absolute Gasteiger partial charge is 0.326 e. The molecule has 0 saturated carbocycles. The van der Waals surface area contributed by atoms with E-state index in [1.807, 2.05) is 0 Å². The Morgan fingerprint density at radius 1 is 1.38 bits per heavy atom. The van der Waals surface area contributed by atoms with Crippen molar-refractivity contribution in [3.63, 3.8) is 0 Å². The van der Waals surface area contributed by atoms with E-state index in [9.17, 15) is 29.1 Å². The molecule has 14 nitrogen and oxygen atoms in total. The molecule has 1 unspecified atom stereocenters. The maximum atomic E-state index is 12.4. The number of nitrogens with two attached hydrogens (primary N) is 1. The predicted molar refractivity (Wildman–Crippen MR) is 121 cm³/mol. The van der Waals surface area contributed by atoms with Gasteiger partial charge in [-0.3, -0.25) is 24.2 Å². The molecule has 2 amide bonds. The number of benzene rings is 1. The summed E-state index contributed by atoms with van der Waals surface area (Å²) in [5.41, 5.74) is 4.00. The van der Waals surface area contributed by atoms with Gasteiger partial charge in [-0.05, 0) is 30.7 Å². The van der Waals surface area contributed by atoms with Gasteiger partial charge in [0.15, 0.2) is 11.5 Å². The molecule has 14 heteroatoms. The van der Waals surface area contributed by atoms with Crippen molar-refractivity contribution in [3.8, 4) is 0 Å². The number of aliphatic carboxylic acids is 2. The molecule has 2 aromatic rings. The Hall–Kier alpha value is -4.62. The number of nitrogen functional groups attached to an aromatic ring is 1. The Labute approximate surface area is 197 Å². The van der Waals surface area contributed by atoms with Crippen molar-refractivity contribution >= 4 is 47.4 Å². The van der Waals surface area contributed by atoms with Crippen LogP contribution in [0.4, 0.5) is 23.1 Å². The number of carboxylic acids is 2. The Bertz CT molecular complexity index is 1320. The SMILES string of the molecule is [2H]C1Nc2nc(N)[nH]c(=O)c2N(C=O)[C@]1([2H])C([2H])([2H])Nc1ccc(C(=O)N[C@H](CCC(=O)O)C(=O)O)cc1. The van der Waals surface area contributed by atoms with Crippen LogP contribution in [0.3, 0.4) is 0 Å². The monoisotopic (exact) mass is 477 g/mol. The summed E-state index contributed by atoms with van der Waals surface area (Å²) in [4.78, 5) is 65.2. The third-order valence-corrected chi connectivity index (χ3v) is 4.60. The Kier molecular flexibility index (Phi) is 5.74. The van der Waals surface area contributed by atoms with Crippen LogP contribution in [0.25, 0.3) is 0 Å². The first kappa shape index (κ1) is 18.9. The van der Waals surface area contributed by atoms with E-state index in [0.717, 1.165) is 0 Å². The van der Waals surface area contributed by atoms with Crippen molar-refractivity contribution in [1.29, 1.82) is 0 Å². The second-order valence-electron chi connectivity index (χ2n) is 6.92. The molecule has 0 bridgehead atoms. The van der Waals surface area contributed by atoms with Gasteiger partial charge in [0.05, 0.1) is 11.5 Å². The number of nitrogens with one attached hydrogen (secondary N) is 4. The van der Waals surface area contributed by atoms with Crippen LogP contribution in [0, 0.1) is 0 Å². The molecule has 180 valence electrons. The van der Waals surface area contributed by atoms with Gasteiger partial charge in [0, 0.05) is 30.7 Å². The molecule has 1 aromatic carbocycles. The van der Waals surface area contributed by atoms with Gasteiger partial charge in [0.25, 0.3) is 11.5 Å². The summed E-state index contributed by atoms with van der Waals surface area (Å²) in [6.07, 6.45) is -0.795. The van der Waals surface area contributed by atoms with Gasteiger partial charge in [-0.25, -0.2) is 4.79 Å². The third kappa shape index (κ3) is 5.59. The van der Waals surface area contributed by atoms with Crippen molar-refractivity contribution in [3.05, 3.63) is 40.2 Å². The van der Waals surface area contributed by atoms with E-state index >= 15 is 0 Å². The predicted octanol–water partition coefficient (Wildman–Crippen LogP) is -0.731. The first-order chi connectivity index (χ1) is 17.7. The van der Waals surface area contributed by atoms with E-state index in [0.29, 0.717) is 4.90 Å². The zero-order valence-electron chi connectivity index (χ0n) is 21.4. The number of hydrogen-bond acceptors (Lipinski definition) is 9. The van der Waals surface area contributed by atoms with Crippen molar-refractivity contribution < 1.29 is 34.9 Å². The normalized spacial score (nSPS) is 21.9. The molecule has 1 aromatic heterocycles. The zero-order valence-corrected chi connectivity index (χ0v) is 17.4. The minimum atomic E-state index is -2.88. The number of nitrogens with zero attached hydrogens (tertiary/aromatic N) is 2. The molecule has 8 N–H and O–H groups in total. The fraction of sp³-hybridized carbons (Fsp3) is 0.300. The largest absolute Gasteiger partial charge is 0.481 e. The van der Waals surface area contributed by atoms with Gasteiger partial charge in [-0.15, -0.1) is 0 Å². The summed E-state index contributed by atoms with van der Waals surface area (Å²) < 4.78 is 34.0. The number of hydrogen-bond donors (Lipinski definition) is 7. The van der Waals surface area contributed by atoms with Crippen molar-refractivity contribution in [1.82, 2.24) is 15.3 Å². The van der Waals surface area contributed by atoms with Crippen LogP contribution in [0.1, 0.15) is 28.7 Å². The van der Waals surface area contributed by atoms with Crippen molar-refractivity contribution in [2.45, 2.75) is 24.9 Å². The van der Waals surface area contributed by atoms with E-state index < -0.39 is 60.6 Å². The molecule has 0 fully saturated rings. The number of carboxylic acid groups (broad SMARTS) is 2. The maximum absolute atomic E-state index is 12.4. The quantitative estimate of drug-likeness (QED) is 0.211. The molecule has 0 saturated heterocycles. The number of carbonyl (C=O) groups is 4. The van der Waals surface area contributed by atoms with Gasteiger partial charge in [-0.2, -0.15) is 4.98 Å². The number of H-pyrrole nitrogens is 1. The van der Waals surface area contributed by atoms with E-state index in [4.69, 9.17) is 16.3 Å². The van der Waals surface area contributed by atoms with E-state index in [1.165, 1.54) is 24.3 Å². The van der Waals surface area contributed by atoms with Crippen LogP contribution < -0.4 is 32.1 Å². The molecule has 0 spiro atoms. The van der Waals surface area contributed by atoms with Crippen molar-refractivity contribution in [2.24, 2.45) is 0 Å². The van der Waals surface area contributed by atoms with Crippen LogP contribution in [-0.2, 0) is 14.4 Å². The first-order valence-corrected chi connectivity index (χ1v) is 9.68. The molecule has 3 atom stereocenters. The van der Waals surface area contributed by atoms with Gasteiger partial charge < -0.3 is 36.8 Å². The fourth-order valence-electron chi connectivity index (χ4n) is 2.95. The zero-order chi connectivity index (χ0) is 28.4. The van der Waals surface area contributed by atoms with Crippen molar-refractivity contribution in [2.75, 3.05) is 34.3 Å². The van der Waals surface area contributed by atoms with Crippen LogP contribution in [0.2, 0.25) is 0 Å². The number of aromatic nitrogens is 2. The van der Waals surface area contributed by atoms with E-state index in [2.05, 4.69) is 25.9 Å². The lowest BCUT2D eigenvalue weighted by molar-refractivity contribution is -0.140. The highest BCUT2D eigenvalue weighted by Gasteiger charge is 2.29. The highest BCUT2D eigenvalue weighted by Crippen LogP contribution is 2.25. The van der Waals surface area contributed by atoms with Crippen LogP contribution in [0.15, 0.2) is 29.1 Å². The molecule has 2 heterocycles. The second-order valence-corrected chi connectivity index (χ2v) is 6.92.